The van der Waals surface area contributed by atoms with E-state index in [-0.39, 0.29) is 24.0 Å². The molecule has 4 N–H and O–H groups in total. The molecule has 0 aliphatic carbocycles. The van der Waals surface area contributed by atoms with Crippen LogP contribution in [0.2, 0.25) is 0 Å². The van der Waals surface area contributed by atoms with Crippen LogP contribution in [0.4, 0.5) is 4.79 Å². The smallest absolute Gasteiger partial charge is 0.408 e. The third-order valence-corrected chi connectivity index (χ3v) is 2.18. The van der Waals surface area contributed by atoms with Crippen LogP contribution >= 0.6 is 24.0 Å². The third-order valence-electron chi connectivity index (χ3n) is 2.18. The molecule has 1 amide bonds. The van der Waals surface area contributed by atoms with Gasteiger partial charge in [-0.1, -0.05) is 13.8 Å². The van der Waals surface area contributed by atoms with Crippen molar-refractivity contribution in [3.63, 3.8) is 0 Å². The second kappa shape index (κ2) is 9.32. The number of amides is 1. The Morgan fingerprint density at radius 2 is 1.76 bits per heavy atom. The topological polar surface area (TPSA) is 88.7 Å². The fourth-order valence-corrected chi connectivity index (χ4v) is 1.27. The summed E-state index contributed by atoms with van der Waals surface area (Å²) in [6.07, 6.45) is -0.452. The van der Waals surface area contributed by atoms with Crippen LogP contribution in [-0.2, 0) is 4.74 Å². The number of carbonyl (C=O) groups is 1. The number of nitrogens with one attached hydrogen (secondary N) is 2. The Balaban J connectivity index is 0. The fourth-order valence-electron chi connectivity index (χ4n) is 1.27. The number of hydrogen-bond acceptors (Lipinski definition) is 3. The molecule has 0 bridgehead atoms. The third kappa shape index (κ3) is 14.0. The van der Waals surface area contributed by atoms with E-state index in [0.717, 1.165) is 6.54 Å². The summed E-state index contributed by atoms with van der Waals surface area (Å²) in [5, 5.41) is 5.81. The first-order valence-corrected chi connectivity index (χ1v) is 6.96. The van der Waals surface area contributed by atoms with Gasteiger partial charge in [0.2, 0.25) is 0 Å². The predicted octanol–water partition coefficient (Wildman–Crippen LogP) is 2.47. The minimum absolute atomic E-state index is 0. The largest absolute Gasteiger partial charge is 0.444 e. The molecule has 0 saturated carbocycles. The molecule has 0 aliphatic heterocycles. The highest BCUT2D eigenvalue weighted by Gasteiger charge is 2.24. The molecule has 0 spiro atoms. The first-order valence-electron chi connectivity index (χ1n) is 6.96. The molecule has 6 nitrogen and oxygen atoms in total. The summed E-state index contributed by atoms with van der Waals surface area (Å²) in [6, 6.07) is 0. The molecule has 0 radical (unpaired) electrons. The molecule has 0 unspecified atom stereocenters. The highest BCUT2D eigenvalue weighted by molar-refractivity contribution is 14.0. The van der Waals surface area contributed by atoms with Crippen LogP contribution in [0.15, 0.2) is 4.99 Å². The van der Waals surface area contributed by atoms with E-state index in [0.29, 0.717) is 18.4 Å². The molecular formula is C14H31IN4O2. The van der Waals surface area contributed by atoms with Crippen molar-refractivity contribution >= 4 is 36.0 Å². The van der Waals surface area contributed by atoms with E-state index >= 15 is 0 Å². The number of nitrogens with two attached hydrogens (primary N) is 1. The van der Waals surface area contributed by atoms with E-state index in [9.17, 15) is 4.79 Å². The van der Waals surface area contributed by atoms with Crippen LogP contribution in [0.25, 0.3) is 0 Å². The van der Waals surface area contributed by atoms with Gasteiger partial charge in [-0.15, -0.1) is 24.0 Å². The Morgan fingerprint density at radius 1 is 1.24 bits per heavy atom. The number of nitrogens with zero attached hydrogens (tertiary/aromatic N) is 1. The van der Waals surface area contributed by atoms with Crippen LogP contribution in [0.3, 0.4) is 0 Å². The second-order valence-corrected chi connectivity index (χ2v) is 6.99. The van der Waals surface area contributed by atoms with E-state index in [1.807, 2.05) is 34.6 Å². The average Bonchev–Trinajstić information content (AvgIpc) is 2.19. The van der Waals surface area contributed by atoms with Crippen molar-refractivity contribution in [1.82, 2.24) is 10.6 Å². The standard InChI is InChI=1S/C14H30N4O2.HI/c1-10(2)8-16-11(15)17-9-14(6,7)18-12(19)20-13(3,4)5;/h10H,8-9H2,1-7H3,(H,18,19)(H3,15,16,17);1H. The highest BCUT2D eigenvalue weighted by Crippen LogP contribution is 2.09. The molecule has 0 aromatic heterocycles. The molecule has 0 aliphatic rings. The van der Waals surface area contributed by atoms with Crippen molar-refractivity contribution in [2.24, 2.45) is 16.6 Å². The zero-order valence-corrected chi connectivity index (χ0v) is 16.6. The lowest BCUT2D eigenvalue weighted by molar-refractivity contribution is 0.0476. The maximum absolute atomic E-state index is 11.7. The highest BCUT2D eigenvalue weighted by atomic mass is 127. The van der Waals surface area contributed by atoms with E-state index in [2.05, 4.69) is 29.5 Å². The Bertz CT molecular complexity index is 349. The average molecular weight is 414 g/mol. The maximum Gasteiger partial charge on any atom is 0.408 e. The second-order valence-electron chi connectivity index (χ2n) is 6.99. The molecule has 21 heavy (non-hydrogen) atoms. The minimum atomic E-state index is -0.521. The maximum atomic E-state index is 11.7. The fraction of sp³-hybridized carbons (Fsp3) is 0.857. The lowest BCUT2D eigenvalue weighted by Crippen LogP contribution is -2.48. The number of halogens is 1. The summed E-state index contributed by atoms with van der Waals surface area (Å²) in [5.41, 5.74) is 4.72. The van der Waals surface area contributed by atoms with Crippen molar-refractivity contribution in [3.05, 3.63) is 0 Å². The summed E-state index contributed by atoms with van der Waals surface area (Å²) in [4.78, 5) is 15.9. The minimum Gasteiger partial charge on any atom is -0.444 e. The summed E-state index contributed by atoms with van der Waals surface area (Å²) in [6.45, 7) is 14.6. The van der Waals surface area contributed by atoms with E-state index in [1.165, 1.54) is 0 Å². The summed E-state index contributed by atoms with van der Waals surface area (Å²) in [7, 11) is 0. The quantitative estimate of drug-likeness (QED) is 0.366. The number of carbonyl (C=O) groups excluding carboxylic acids is 1. The Hall–Kier alpha value is -0.730. The number of aliphatic imine (C=N–C) groups is 1. The monoisotopic (exact) mass is 414 g/mol. The molecule has 0 atom stereocenters. The normalized spacial score (nSPS) is 12.7. The van der Waals surface area contributed by atoms with Crippen LogP contribution < -0.4 is 16.4 Å². The lowest BCUT2D eigenvalue weighted by Gasteiger charge is -2.27. The molecule has 0 aromatic rings. The number of guanidine groups is 1. The van der Waals surface area contributed by atoms with Crippen molar-refractivity contribution in [2.45, 2.75) is 59.6 Å². The first-order chi connectivity index (χ1) is 8.91. The molecule has 0 saturated heterocycles. The van der Waals surface area contributed by atoms with E-state index in [1.54, 1.807) is 0 Å². The summed E-state index contributed by atoms with van der Waals surface area (Å²) < 4.78 is 5.21. The van der Waals surface area contributed by atoms with Gasteiger partial charge < -0.3 is 21.1 Å². The van der Waals surface area contributed by atoms with Gasteiger partial charge in [-0.3, -0.25) is 4.99 Å². The summed E-state index contributed by atoms with van der Waals surface area (Å²) in [5.74, 6) is 0.884. The zero-order valence-electron chi connectivity index (χ0n) is 14.2. The lowest BCUT2D eigenvalue weighted by atomic mass is 10.1. The van der Waals surface area contributed by atoms with Crippen LogP contribution in [0.1, 0.15) is 48.5 Å². The molecule has 0 rings (SSSR count). The van der Waals surface area contributed by atoms with Gasteiger partial charge in [0.05, 0.1) is 12.1 Å². The zero-order chi connectivity index (χ0) is 16.0. The molecule has 7 heteroatoms. The number of rotatable bonds is 5. The summed E-state index contributed by atoms with van der Waals surface area (Å²) >= 11 is 0. The predicted molar refractivity (Wildman–Crippen MR) is 98.2 cm³/mol. The van der Waals surface area contributed by atoms with Gasteiger partial charge in [0.1, 0.15) is 5.60 Å². The van der Waals surface area contributed by atoms with Gasteiger partial charge in [-0.25, -0.2) is 4.79 Å². The van der Waals surface area contributed by atoms with Gasteiger partial charge >= 0.3 is 6.09 Å². The number of ether oxygens (including phenoxy) is 1. The van der Waals surface area contributed by atoms with E-state index < -0.39 is 17.2 Å². The number of alkyl carbamates (subject to hydrolysis) is 1. The molecule has 0 aromatic carbocycles. The van der Waals surface area contributed by atoms with Gasteiger partial charge in [0, 0.05) is 6.54 Å². The van der Waals surface area contributed by atoms with Crippen molar-refractivity contribution in [1.29, 1.82) is 0 Å². The van der Waals surface area contributed by atoms with Gasteiger partial charge in [0.15, 0.2) is 5.96 Å². The van der Waals surface area contributed by atoms with E-state index in [4.69, 9.17) is 10.5 Å². The SMILES string of the molecule is CC(C)CNC(N)=NCC(C)(C)NC(=O)OC(C)(C)C.I. The van der Waals surface area contributed by atoms with Crippen molar-refractivity contribution in [2.75, 3.05) is 13.1 Å². The molecular weight excluding hydrogens is 383 g/mol. The first kappa shape index (κ1) is 22.5. The molecule has 0 fully saturated rings. The van der Waals surface area contributed by atoms with Crippen LogP contribution in [-0.4, -0.2) is 36.3 Å². The Kier molecular flexibility index (Phi) is 10.0. The molecule has 126 valence electrons. The Morgan fingerprint density at radius 3 is 2.19 bits per heavy atom. The molecule has 0 heterocycles. The number of hydrogen-bond donors (Lipinski definition) is 3. The van der Waals surface area contributed by atoms with Gasteiger partial charge in [-0.05, 0) is 40.5 Å². The Labute approximate surface area is 145 Å². The van der Waals surface area contributed by atoms with Crippen LogP contribution in [0.5, 0.6) is 0 Å². The van der Waals surface area contributed by atoms with Crippen molar-refractivity contribution in [3.8, 4) is 0 Å². The van der Waals surface area contributed by atoms with Gasteiger partial charge in [-0.2, -0.15) is 0 Å². The van der Waals surface area contributed by atoms with Crippen LogP contribution in [0, 0.1) is 5.92 Å². The van der Waals surface area contributed by atoms with Gasteiger partial charge in [0.25, 0.3) is 0 Å². The van der Waals surface area contributed by atoms with Crippen molar-refractivity contribution < 1.29 is 9.53 Å².